The number of para-hydroxylation sites is 2. The van der Waals surface area contributed by atoms with E-state index in [0.29, 0.717) is 32.1 Å². The lowest BCUT2D eigenvalue weighted by molar-refractivity contribution is -0.757. The summed E-state index contributed by atoms with van der Waals surface area (Å²) in [7, 11) is 0. The highest BCUT2D eigenvalue weighted by atomic mass is 35.5. The van der Waals surface area contributed by atoms with Gasteiger partial charge in [-0.2, -0.15) is 0 Å². The van der Waals surface area contributed by atoms with Crippen LogP contribution >= 0.6 is 11.6 Å². The van der Waals surface area contributed by atoms with E-state index in [1.54, 1.807) is 24.3 Å². The monoisotopic (exact) mass is 760 g/mol. The highest BCUT2D eigenvalue weighted by Gasteiger charge is 2.16. The number of esters is 5. The van der Waals surface area contributed by atoms with Crippen molar-refractivity contribution in [3.63, 3.8) is 0 Å². The zero-order valence-corrected chi connectivity index (χ0v) is 28.8. The van der Waals surface area contributed by atoms with Crippen LogP contribution < -0.4 is 9.47 Å². The van der Waals surface area contributed by atoms with Gasteiger partial charge in [-0.05, 0) is 49.9 Å². The Morgan fingerprint density at radius 2 is 1.10 bits per heavy atom. The fourth-order valence-corrected chi connectivity index (χ4v) is 3.49. The van der Waals surface area contributed by atoms with E-state index in [0.717, 1.165) is 0 Å². The second-order valence-electron chi connectivity index (χ2n) is 9.56. The van der Waals surface area contributed by atoms with Crippen molar-refractivity contribution in [1.29, 1.82) is 0 Å². The quantitative estimate of drug-likeness (QED) is 0.0371. The zero-order chi connectivity index (χ0) is 39.3. The minimum absolute atomic E-state index is 0.0264. The lowest BCUT2D eigenvalue weighted by atomic mass is 10.2. The largest absolute Gasteiger partial charge is 0.481 e. The number of hydrogen-bond donors (Lipinski definition) is 1. The Kier molecular flexibility index (Phi) is 24.5. The van der Waals surface area contributed by atoms with E-state index in [-0.39, 0.29) is 54.7 Å². The third-order valence-electron chi connectivity index (χ3n) is 5.52. The second-order valence-corrected chi connectivity index (χ2v) is 9.78. The summed E-state index contributed by atoms with van der Waals surface area (Å²) in [6.45, 7) is 1.83. The predicted molar refractivity (Wildman–Crippen MR) is 174 cm³/mol. The van der Waals surface area contributed by atoms with Gasteiger partial charge in [-0.25, -0.2) is 9.59 Å². The van der Waals surface area contributed by atoms with Gasteiger partial charge in [0.15, 0.2) is 6.07 Å². The van der Waals surface area contributed by atoms with Crippen molar-refractivity contribution in [2.75, 3.05) is 26.1 Å². The van der Waals surface area contributed by atoms with Crippen LogP contribution in [0.5, 0.6) is 11.5 Å². The molecule has 2 rings (SSSR count). The Bertz CT molecular complexity index is 1470. The van der Waals surface area contributed by atoms with Crippen LogP contribution in [-0.4, -0.2) is 77.2 Å². The van der Waals surface area contributed by atoms with Crippen molar-refractivity contribution in [2.45, 2.75) is 58.8 Å². The Labute approximate surface area is 301 Å². The number of ether oxygens (including phenoxy) is 5. The molecule has 0 aliphatic heterocycles. The molecule has 1 N–H and O–H groups in total. The molecule has 0 spiro atoms. The van der Waals surface area contributed by atoms with Crippen LogP contribution in [0.4, 0.5) is 0 Å². The summed E-state index contributed by atoms with van der Waals surface area (Å²) in [5, 5.41) is 25.9. The maximum atomic E-state index is 11.9. The van der Waals surface area contributed by atoms with Crippen molar-refractivity contribution in [2.24, 2.45) is 0 Å². The summed E-state index contributed by atoms with van der Waals surface area (Å²) in [5.74, 6) is -3.75. The predicted octanol–water partition coefficient (Wildman–Crippen LogP) is 4.45. The van der Waals surface area contributed by atoms with E-state index >= 15 is 0 Å². The fraction of sp³-hybridized carbons (Fsp3) is 0.419. The van der Waals surface area contributed by atoms with Crippen molar-refractivity contribution in [1.82, 2.24) is 0 Å². The molecule has 20 nitrogen and oxygen atoms in total. The summed E-state index contributed by atoms with van der Waals surface area (Å²) in [6.07, 6.45) is 2.37. The number of carboxylic acid groups (broad SMARTS) is 1. The number of benzene rings is 2. The van der Waals surface area contributed by atoms with E-state index in [4.69, 9.17) is 35.7 Å². The van der Waals surface area contributed by atoms with Crippen molar-refractivity contribution >= 4 is 47.4 Å². The molecular weight excluding hydrogens is 724 g/mol. The molecule has 0 radical (unpaired) electrons. The van der Waals surface area contributed by atoms with Crippen LogP contribution in [0.15, 0.2) is 48.5 Å². The lowest BCUT2D eigenvalue weighted by Gasteiger charge is -2.09. The molecule has 2 aromatic rings. The van der Waals surface area contributed by atoms with E-state index < -0.39 is 52.8 Å². The minimum atomic E-state index is -0.897. The molecule has 0 bridgehead atoms. The summed E-state index contributed by atoms with van der Waals surface area (Å²) >= 11 is 5.25. The molecule has 0 atom stereocenters. The number of carbonyl (C=O) groups excluding carboxylic acids is 5. The van der Waals surface area contributed by atoms with Crippen molar-refractivity contribution in [3.8, 4) is 11.5 Å². The van der Waals surface area contributed by atoms with Crippen molar-refractivity contribution < 1.29 is 77.4 Å². The van der Waals surface area contributed by atoms with Crippen LogP contribution in [0.2, 0.25) is 0 Å². The number of unbranched alkanes of at least 4 members (excludes halogenated alkanes) is 3. The summed E-state index contributed by atoms with van der Waals surface area (Å²) in [4.78, 5) is 94.0. The van der Waals surface area contributed by atoms with Gasteiger partial charge in [0.2, 0.25) is 6.79 Å². The maximum absolute atomic E-state index is 11.9. The molecule has 0 unspecified atom stereocenters. The molecular formula is C31H37ClN2O18. The van der Waals surface area contributed by atoms with Gasteiger partial charge >= 0.3 is 35.8 Å². The lowest BCUT2D eigenvalue weighted by Crippen LogP contribution is -2.14. The smallest absolute Gasteiger partial charge is 0.344 e. The Morgan fingerprint density at radius 1 is 0.654 bits per heavy atom. The maximum Gasteiger partial charge on any atom is 0.344 e. The van der Waals surface area contributed by atoms with E-state index in [1.807, 2.05) is 0 Å². The Balaban J connectivity index is 0.000000841. The third kappa shape index (κ3) is 24.1. The second kappa shape index (κ2) is 27.7. The minimum Gasteiger partial charge on any atom is -0.481 e. The number of nitrogens with zero attached hydrogens (tertiary/aromatic N) is 2. The number of aliphatic carboxylic acids is 1. The highest BCUT2D eigenvalue weighted by Crippen LogP contribution is 2.20. The third-order valence-corrected chi connectivity index (χ3v) is 5.63. The Hall–Kier alpha value is -6.05. The van der Waals surface area contributed by atoms with E-state index in [9.17, 15) is 49.0 Å². The van der Waals surface area contributed by atoms with E-state index in [1.165, 1.54) is 38.1 Å². The standard InChI is InChI=1S/C16H19NO9.C10H9ClO4.C5H9NO5/c1-12(18)26-14-8-5-4-7-13(14)16(20)24-11-23-15(19)9-3-2-6-10-25-17(21)22;1-7(12)15-9-5-3-2-4-8(9)10(13)14-6-11;7-5(8)3-1-2-4-11-6(9)10/h4-5,7-8H,2-3,6,9-11H2,1H3;2-5H,6H2,1H3;1-4H2,(H,7,8). The number of alkyl halides is 1. The molecule has 0 aromatic heterocycles. The van der Waals surface area contributed by atoms with Gasteiger partial charge in [-0.1, -0.05) is 42.3 Å². The van der Waals surface area contributed by atoms with Gasteiger partial charge in [-0.3, -0.25) is 19.2 Å². The summed E-state index contributed by atoms with van der Waals surface area (Å²) < 4.78 is 23.9. The summed E-state index contributed by atoms with van der Waals surface area (Å²) in [5.41, 5.74) is 0.206. The average molecular weight is 761 g/mol. The first-order chi connectivity index (χ1) is 24.7. The number of rotatable bonds is 20. The molecule has 21 heteroatoms. The SMILES string of the molecule is CC(=O)Oc1ccccc1C(=O)OCCl.CC(=O)Oc1ccccc1C(=O)OCOC(=O)CCCCCO[N+](=O)[O-].O=C(O)CCCCO[N+](=O)[O-]. The van der Waals surface area contributed by atoms with Gasteiger partial charge in [0.25, 0.3) is 10.2 Å². The average Bonchev–Trinajstić information content (AvgIpc) is 3.06. The molecule has 0 aliphatic rings. The fourth-order valence-electron chi connectivity index (χ4n) is 3.39. The van der Waals surface area contributed by atoms with E-state index in [2.05, 4.69) is 14.4 Å². The van der Waals surface area contributed by atoms with Crippen molar-refractivity contribution in [3.05, 3.63) is 79.9 Å². The molecule has 0 fully saturated rings. The van der Waals surface area contributed by atoms with Gasteiger partial charge in [0.05, 0.1) is 13.2 Å². The molecule has 52 heavy (non-hydrogen) atoms. The molecule has 0 saturated carbocycles. The highest BCUT2D eigenvalue weighted by molar-refractivity contribution is 6.17. The normalized spacial score (nSPS) is 9.60. The van der Waals surface area contributed by atoms with Crippen LogP contribution in [0.3, 0.4) is 0 Å². The molecule has 0 saturated heterocycles. The number of hydrogen-bond acceptors (Lipinski definition) is 17. The van der Waals surface area contributed by atoms with Crippen LogP contribution in [0.1, 0.15) is 79.5 Å². The number of carboxylic acids is 1. The first kappa shape index (κ1) is 46.0. The van der Waals surface area contributed by atoms with Gasteiger partial charge in [-0.15, -0.1) is 20.2 Å². The van der Waals surface area contributed by atoms with Crippen LogP contribution in [0.25, 0.3) is 0 Å². The summed E-state index contributed by atoms with van der Waals surface area (Å²) in [6, 6.07) is 12.0. The zero-order valence-electron chi connectivity index (χ0n) is 28.1. The topological polar surface area (TPSA) is 274 Å². The molecule has 286 valence electrons. The molecule has 2 aromatic carbocycles. The molecule has 0 aliphatic carbocycles. The first-order valence-corrected chi connectivity index (χ1v) is 15.6. The first-order valence-electron chi connectivity index (χ1n) is 15.0. The van der Waals surface area contributed by atoms with Crippen LogP contribution in [-0.2, 0) is 43.1 Å². The number of halogens is 1. The van der Waals surface area contributed by atoms with Gasteiger partial charge in [0, 0.05) is 26.7 Å². The number of carbonyl (C=O) groups is 6. The molecule has 0 heterocycles. The Morgan fingerprint density at radius 3 is 1.54 bits per heavy atom. The van der Waals surface area contributed by atoms with Gasteiger partial charge < -0.3 is 38.5 Å². The molecule has 0 amide bonds. The van der Waals surface area contributed by atoms with Crippen LogP contribution in [0, 0.1) is 20.2 Å². The van der Waals surface area contributed by atoms with Gasteiger partial charge in [0.1, 0.15) is 22.6 Å².